The van der Waals surface area contributed by atoms with Gasteiger partial charge in [-0.2, -0.15) is 0 Å². The van der Waals surface area contributed by atoms with E-state index in [-0.39, 0.29) is 11.8 Å². The Bertz CT molecular complexity index is 1080. The first kappa shape index (κ1) is 21.6. The van der Waals surface area contributed by atoms with Crippen LogP contribution >= 0.6 is 22.7 Å². The fourth-order valence-corrected chi connectivity index (χ4v) is 6.56. The molecule has 32 heavy (non-hydrogen) atoms. The van der Waals surface area contributed by atoms with Crippen molar-refractivity contribution in [2.75, 3.05) is 39.3 Å². The zero-order valence-corrected chi connectivity index (χ0v) is 20.0. The number of piperazine rings is 1. The molecule has 2 amide bonds. The van der Waals surface area contributed by atoms with Gasteiger partial charge in [-0.05, 0) is 50.5 Å². The predicted molar refractivity (Wildman–Crippen MR) is 130 cm³/mol. The maximum atomic E-state index is 13.1. The maximum absolute atomic E-state index is 13.1. The van der Waals surface area contributed by atoms with Gasteiger partial charge >= 0.3 is 0 Å². The molecule has 168 valence electrons. The molecule has 3 aromatic rings. The van der Waals surface area contributed by atoms with Gasteiger partial charge in [-0.3, -0.25) is 14.5 Å². The summed E-state index contributed by atoms with van der Waals surface area (Å²) in [7, 11) is 0. The molecule has 1 unspecified atom stereocenters. The van der Waals surface area contributed by atoms with E-state index in [9.17, 15) is 9.59 Å². The number of fused-ring (bicyclic) bond motifs is 1. The second-order valence-electron chi connectivity index (χ2n) is 8.65. The first-order chi connectivity index (χ1) is 15.6. The van der Waals surface area contributed by atoms with Gasteiger partial charge in [0, 0.05) is 38.8 Å². The van der Waals surface area contributed by atoms with Crippen LogP contribution in [0.25, 0.3) is 20.1 Å². The summed E-state index contributed by atoms with van der Waals surface area (Å²) in [6.07, 6.45) is 3.43. The van der Waals surface area contributed by atoms with Crippen molar-refractivity contribution in [2.45, 2.75) is 32.2 Å². The van der Waals surface area contributed by atoms with E-state index in [2.05, 4.69) is 17.9 Å². The van der Waals surface area contributed by atoms with Crippen molar-refractivity contribution in [2.24, 2.45) is 0 Å². The highest BCUT2D eigenvalue weighted by Gasteiger charge is 2.28. The molecule has 2 aliphatic rings. The summed E-state index contributed by atoms with van der Waals surface area (Å²) in [5, 5.41) is 0.963. The molecule has 4 heterocycles. The summed E-state index contributed by atoms with van der Waals surface area (Å²) in [6.45, 7) is 6.32. The molecule has 1 aromatic carbocycles. The highest BCUT2D eigenvalue weighted by molar-refractivity contribution is 7.26. The molecular formula is C24H28N4O2S2. The third kappa shape index (κ3) is 4.44. The fourth-order valence-electron chi connectivity index (χ4n) is 4.56. The number of aromatic nitrogens is 1. The van der Waals surface area contributed by atoms with Gasteiger partial charge in [-0.1, -0.05) is 12.1 Å². The van der Waals surface area contributed by atoms with E-state index in [1.807, 2.05) is 40.1 Å². The number of para-hydroxylation sites is 1. The van der Waals surface area contributed by atoms with Crippen molar-refractivity contribution >= 4 is 44.7 Å². The molecular weight excluding hydrogens is 440 g/mol. The highest BCUT2D eigenvalue weighted by atomic mass is 32.1. The number of carbonyl (C=O) groups is 2. The van der Waals surface area contributed by atoms with Gasteiger partial charge in [-0.25, -0.2) is 4.98 Å². The molecule has 2 aromatic heterocycles. The second kappa shape index (κ2) is 9.29. The Balaban J connectivity index is 1.17. The summed E-state index contributed by atoms with van der Waals surface area (Å²) in [6, 6.07) is 12.4. The van der Waals surface area contributed by atoms with Gasteiger partial charge in [0.25, 0.3) is 5.91 Å². The smallest absolute Gasteiger partial charge is 0.264 e. The number of rotatable bonds is 4. The van der Waals surface area contributed by atoms with Crippen molar-refractivity contribution in [3.05, 3.63) is 41.3 Å². The molecule has 2 saturated heterocycles. The average molecular weight is 469 g/mol. The summed E-state index contributed by atoms with van der Waals surface area (Å²) < 4.78 is 1.16. The first-order valence-corrected chi connectivity index (χ1v) is 13.0. The Morgan fingerprint density at radius 2 is 1.81 bits per heavy atom. The van der Waals surface area contributed by atoms with Crippen molar-refractivity contribution in [1.82, 2.24) is 19.7 Å². The molecule has 0 radical (unpaired) electrons. The molecule has 0 spiro atoms. The molecule has 0 N–H and O–H groups in total. The molecule has 0 bridgehead atoms. The predicted octanol–water partition coefficient (Wildman–Crippen LogP) is 4.18. The van der Waals surface area contributed by atoms with Crippen LogP contribution in [0, 0.1) is 0 Å². The number of thiazole rings is 1. The Kier molecular flexibility index (Phi) is 6.26. The van der Waals surface area contributed by atoms with Gasteiger partial charge < -0.3 is 9.80 Å². The third-order valence-corrected chi connectivity index (χ3v) is 8.74. The minimum atomic E-state index is 0.0815. The van der Waals surface area contributed by atoms with Crippen molar-refractivity contribution < 1.29 is 9.59 Å². The SMILES string of the molecule is CC1CCCCN1C(=O)CN1CCN(C(=O)c2ccc(-c3nc4ccccc4s3)s2)CC1. The van der Waals surface area contributed by atoms with Crippen LogP contribution in [0.15, 0.2) is 36.4 Å². The number of nitrogens with zero attached hydrogens (tertiary/aromatic N) is 4. The topological polar surface area (TPSA) is 56.8 Å². The molecule has 2 fully saturated rings. The number of hydrogen-bond donors (Lipinski definition) is 0. The standard InChI is InChI=1S/C24H28N4O2S2/c1-17-6-4-5-11-28(17)22(29)16-26-12-14-27(15-13-26)24(30)21-10-9-20(31-21)23-25-18-7-2-3-8-19(18)32-23/h2-3,7-10,17H,4-6,11-16H2,1H3. The quantitative estimate of drug-likeness (QED) is 0.576. The van der Waals surface area contributed by atoms with E-state index in [1.165, 1.54) is 17.8 Å². The monoisotopic (exact) mass is 468 g/mol. The molecule has 1 atom stereocenters. The number of likely N-dealkylation sites (tertiary alicyclic amines) is 1. The Morgan fingerprint density at radius 3 is 2.59 bits per heavy atom. The number of piperidine rings is 1. The van der Waals surface area contributed by atoms with E-state index in [0.717, 1.165) is 57.5 Å². The van der Waals surface area contributed by atoms with E-state index in [1.54, 1.807) is 11.3 Å². The first-order valence-electron chi connectivity index (χ1n) is 11.4. The van der Waals surface area contributed by atoms with E-state index in [0.29, 0.717) is 25.7 Å². The molecule has 2 aliphatic heterocycles. The number of benzene rings is 1. The van der Waals surface area contributed by atoms with Crippen LogP contribution in [0.4, 0.5) is 0 Å². The maximum Gasteiger partial charge on any atom is 0.264 e. The minimum Gasteiger partial charge on any atom is -0.339 e. The second-order valence-corrected chi connectivity index (χ2v) is 10.8. The van der Waals surface area contributed by atoms with Crippen LogP contribution in [0.2, 0.25) is 0 Å². The molecule has 0 aliphatic carbocycles. The van der Waals surface area contributed by atoms with Crippen LogP contribution < -0.4 is 0 Å². The summed E-state index contributed by atoms with van der Waals surface area (Å²) in [5.41, 5.74) is 0.999. The van der Waals surface area contributed by atoms with Crippen molar-refractivity contribution in [3.8, 4) is 9.88 Å². The van der Waals surface area contributed by atoms with Crippen LogP contribution in [0.3, 0.4) is 0 Å². The summed E-state index contributed by atoms with van der Waals surface area (Å²) in [4.78, 5) is 38.4. The zero-order valence-electron chi connectivity index (χ0n) is 18.3. The molecule has 5 rings (SSSR count). The van der Waals surface area contributed by atoms with Crippen molar-refractivity contribution in [3.63, 3.8) is 0 Å². The molecule has 0 saturated carbocycles. The normalized spacial score (nSPS) is 20.1. The Morgan fingerprint density at radius 1 is 1.00 bits per heavy atom. The lowest BCUT2D eigenvalue weighted by molar-refractivity contribution is -0.136. The lowest BCUT2D eigenvalue weighted by atomic mass is 10.0. The number of thiophene rings is 1. The Hall–Kier alpha value is -2.29. The van der Waals surface area contributed by atoms with E-state index >= 15 is 0 Å². The van der Waals surface area contributed by atoms with Gasteiger partial charge in [0.1, 0.15) is 5.01 Å². The van der Waals surface area contributed by atoms with Crippen LogP contribution in [0.5, 0.6) is 0 Å². The van der Waals surface area contributed by atoms with Crippen LogP contribution in [-0.2, 0) is 4.79 Å². The minimum absolute atomic E-state index is 0.0815. The zero-order chi connectivity index (χ0) is 22.1. The van der Waals surface area contributed by atoms with Crippen LogP contribution in [0.1, 0.15) is 35.9 Å². The van der Waals surface area contributed by atoms with Gasteiger partial charge in [0.15, 0.2) is 0 Å². The van der Waals surface area contributed by atoms with Gasteiger partial charge in [0.2, 0.25) is 5.91 Å². The van der Waals surface area contributed by atoms with E-state index in [4.69, 9.17) is 4.98 Å². The fraction of sp³-hybridized carbons (Fsp3) is 0.458. The highest BCUT2D eigenvalue weighted by Crippen LogP contribution is 2.34. The average Bonchev–Trinajstić information content (AvgIpc) is 3.46. The molecule has 8 heteroatoms. The van der Waals surface area contributed by atoms with Gasteiger partial charge in [0.05, 0.1) is 26.5 Å². The third-order valence-electron chi connectivity index (χ3n) is 6.46. The number of carbonyl (C=O) groups excluding carboxylic acids is 2. The summed E-state index contributed by atoms with van der Waals surface area (Å²) >= 11 is 3.18. The largest absolute Gasteiger partial charge is 0.339 e. The molecule has 6 nitrogen and oxygen atoms in total. The van der Waals surface area contributed by atoms with E-state index < -0.39 is 0 Å². The van der Waals surface area contributed by atoms with Crippen molar-refractivity contribution in [1.29, 1.82) is 0 Å². The van der Waals surface area contributed by atoms with Crippen LogP contribution in [-0.4, -0.2) is 76.8 Å². The lowest BCUT2D eigenvalue weighted by Gasteiger charge is -2.38. The number of hydrogen-bond acceptors (Lipinski definition) is 6. The Labute approximate surface area is 196 Å². The summed E-state index contributed by atoms with van der Waals surface area (Å²) in [5.74, 6) is 0.314. The number of amides is 2. The lowest BCUT2D eigenvalue weighted by Crippen LogP contribution is -2.53. The van der Waals surface area contributed by atoms with Gasteiger partial charge in [-0.15, -0.1) is 22.7 Å².